The lowest BCUT2D eigenvalue weighted by Gasteiger charge is -2.06. The summed E-state index contributed by atoms with van der Waals surface area (Å²) < 4.78 is 22.3. The van der Waals surface area contributed by atoms with Crippen molar-refractivity contribution in [3.8, 4) is 0 Å². The summed E-state index contributed by atoms with van der Waals surface area (Å²) in [6, 6.07) is 13.0. The molecule has 22 heavy (non-hydrogen) atoms. The van der Waals surface area contributed by atoms with Crippen LogP contribution in [0.25, 0.3) is 0 Å². The summed E-state index contributed by atoms with van der Waals surface area (Å²) in [6.07, 6.45) is 0.582. The molecular weight excluding hydrogens is 302 g/mol. The van der Waals surface area contributed by atoms with E-state index >= 15 is 0 Å². The molecule has 6 nitrogen and oxygen atoms in total. The zero-order valence-corrected chi connectivity index (χ0v) is 12.6. The van der Waals surface area contributed by atoms with Crippen molar-refractivity contribution in [1.29, 1.82) is 0 Å². The molecule has 0 saturated carbocycles. The molecule has 0 aliphatic carbocycles. The third kappa shape index (κ3) is 4.31. The fraction of sp³-hybridized carbons (Fsp3) is 0.133. The largest absolute Gasteiger partial charge is 0.399 e. The number of nitrogens with one attached hydrogen (secondary N) is 1. The van der Waals surface area contributed by atoms with Gasteiger partial charge in [0.25, 0.3) is 5.91 Å². The molecular formula is C15H17N3O3S. The van der Waals surface area contributed by atoms with Crippen molar-refractivity contribution in [1.82, 2.24) is 5.32 Å². The Kier molecular flexibility index (Phi) is 4.79. The lowest BCUT2D eigenvalue weighted by atomic mass is 10.1. The number of hydrogen-bond donors (Lipinski definition) is 3. The van der Waals surface area contributed by atoms with E-state index in [0.717, 1.165) is 5.56 Å². The van der Waals surface area contributed by atoms with Crippen molar-refractivity contribution in [2.45, 2.75) is 11.3 Å². The van der Waals surface area contributed by atoms with E-state index in [-0.39, 0.29) is 10.8 Å². The Morgan fingerprint density at radius 3 is 2.36 bits per heavy atom. The number of rotatable bonds is 5. The third-order valence-corrected chi connectivity index (χ3v) is 4.03. The highest BCUT2D eigenvalue weighted by molar-refractivity contribution is 7.89. The van der Waals surface area contributed by atoms with Crippen LogP contribution in [-0.2, 0) is 16.4 Å². The molecule has 2 aromatic carbocycles. The number of carbonyl (C=O) groups excluding carboxylic acids is 1. The van der Waals surface area contributed by atoms with E-state index in [9.17, 15) is 13.2 Å². The van der Waals surface area contributed by atoms with E-state index in [4.69, 9.17) is 10.9 Å². The first-order valence-corrected chi connectivity index (χ1v) is 8.16. The molecule has 0 saturated heterocycles. The van der Waals surface area contributed by atoms with Gasteiger partial charge >= 0.3 is 0 Å². The Hall–Kier alpha value is -2.38. The van der Waals surface area contributed by atoms with Gasteiger partial charge in [0.05, 0.1) is 4.90 Å². The van der Waals surface area contributed by atoms with Gasteiger partial charge in [0.15, 0.2) is 0 Å². The van der Waals surface area contributed by atoms with Crippen LogP contribution in [0, 0.1) is 0 Å². The Bertz CT molecular complexity index is 771. The van der Waals surface area contributed by atoms with Crippen molar-refractivity contribution >= 4 is 21.6 Å². The standard InChI is InChI=1S/C15H17N3O3S/c16-13-3-1-2-12(10-13)15(19)18-9-8-11-4-6-14(7-5-11)22(17,20)21/h1-7,10H,8-9,16H2,(H,18,19)(H2,17,20,21). The van der Waals surface area contributed by atoms with Crippen molar-refractivity contribution in [3.05, 3.63) is 59.7 Å². The van der Waals surface area contributed by atoms with E-state index in [1.165, 1.54) is 12.1 Å². The fourth-order valence-corrected chi connectivity index (χ4v) is 2.46. The van der Waals surface area contributed by atoms with Crippen molar-refractivity contribution in [2.24, 2.45) is 5.14 Å². The van der Waals surface area contributed by atoms with Gasteiger partial charge in [0, 0.05) is 17.8 Å². The van der Waals surface area contributed by atoms with Gasteiger partial charge in [-0.15, -0.1) is 0 Å². The van der Waals surface area contributed by atoms with Crippen LogP contribution in [0.4, 0.5) is 5.69 Å². The number of nitrogen functional groups attached to an aromatic ring is 1. The number of sulfonamides is 1. The molecule has 0 atom stereocenters. The van der Waals surface area contributed by atoms with Gasteiger partial charge in [-0.2, -0.15) is 0 Å². The summed E-state index contributed by atoms with van der Waals surface area (Å²) in [5, 5.41) is 7.81. The number of hydrogen-bond acceptors (Lipinski definition) is 4. The second kappa shape index (κ2) is 6.59. The first-order chi connectivity index (χ1) is 10.4. The third-order valence-electron chi connectivity index (χ3n) is 3.10. The number of amides is 1. The summed E-state index contributed by atoms with van der Waals surface area (Å²) in [5.74, 6) is -0.201. The van der Waals surface area contributed by atoms with Crippen LogP contribution >= 0.6 is 0 Å². The number of benzene rings is 2. The van der Waals surface area contributed by atoms with Gasteiger partial charge in [-0.05, 0) is 42.3 Å². The van der Waals surface area contributed by atoms with E-state index in [2.05, 4.69) is 5.32 Å². The summed E-state index contributed by atoms with van der Waals surface area (Å²) in [6.45, 7) is 0.433. The second-order valence-corrected chi connectivity index (χ2v) is 6.38. The predicted octanol–water partition coefficient (Wildman–Crippen LogP) is 0.889. The number of carbonyl (C=O) groups is 1. The quantitative estimate of drug-likeness (QED) is 0.710. The predicted molar refractivity (Wildman–Crippen MR) is 84.7 cm³/mol. The lowest BCUT2D eigenvalue weighted by Crippen LogP contribution is -2.25. The Labute approximate surface area is 129 Å². The van der Waals surface area contributed by atoms with Crippen molar-refractivity contribution in [2.75, 3.05) is 12.3 Å². The molecule has 116 valence electrons. The molecule has 5 N–H and O–H groups in total. The molecule has 0 spiro atoms. The van der Waals surface area contributed by atoms with Gasteiger partial charge in [-0.1, -0.05) is 18.2 Å². The minimum absolute atomic E-state index is 0.0695. The Balaban J connectivity index is 1.90. The monoisotopic (exact) mass is 319 g/mol. The van der Waals surface area contributed by atoms with Gasteiger partial charge in [-0.25, -0.2) is 13.6 Å². The molecule has 0 fully saturated rings. The Morgan fingerprint density at radius 2 is 1.77 bits per heavy atom. The average Bonchev–Trinajstić information content (AvgIpc) is 2.47. The van der Waals surface area contributed by atoms with Gasteiger partial charge in [0.1, 0.15) is 0 Å². The SMILES string of the molecule is Nc1cccc(C(=O)NCCc2ccc(S(N)(=O)=O)cc2)c1. The van der Waals surface area contributed by atoms with E-state index < -0.39 is 10.0 Å². The van der Waals surface area contributed by atoms with Crippen molar-refractivity contribution in [3.63, 3.8) is 0 Å². The van der Waals surface area contributed by atoms with Gasteiger partial charge < -0.3 is 11.1 Å². The molecule has 0 aromatic heterocycles. The summed E-state index contributed by atoms with van der Waals surface area (Å²) in [7, 11) is -3.68. The topological polar surface area (TPSA) is 115 Å². The molecule has 1 amide bonds. The zero-order valence-electron chi connectivity index (χ0n) is 11.8. The Morgan fingerprint density at radius 1 is 1.09 bits per heavy atom. The summed E-state index contributed by atoms with van der Waals surface area (Å²) >= 11 is 0. The van der Waals surface area contributed by atoms with Crippen LogP contribution in [0.1, 0.15) is 15.9 Å². The molecule has 2 rings (SSSR count). The van der Waals surface area contributed by atoms with E-state index in [1.807, 2.05) is 0 Å². The molecule has 7 heteroatoms. The van der Waals surface area contributed by atoms with Crippen LogP contribution in [0.5, 0.6) is 0 Å². The lowest BCUT2D eigenvalue weighted by molar-refractivity contribution is 0.0954. The average molecular weight is 319 g/mol. The summed E-state index contributed by atoms with van der Waals surface area (Å²) in [4.78, 5) is 12.0. The van der Waals surface area contributed by atoms with Crippen molar-refractivity contribution < 1.29 is 13.2 Å². The number of nitrogens with two attached hydrogens (primary N) is 2. The summed E-state index contributed by atoms with van der Waals surface area (Å²) in [5.41, 5.74) is 7.57. The van der Waals surface area contributed by atoms with Gasteiger partial charge in [0.2, 0.25) is 10.0 Å². The van der Waals surface area contributed by atoms with Gasteiger partial charge in [-0.3, -0.25) is 4.79 Å². The smallest absolute Gasteiger partial charge is 0.251 e. The molecule has 2 aromatic rings. The van der Waals surface area contributed by atoms with Crippen LogP contribution in [0.3, 0.4) is 0 Å². The first kappa shape index (κ1) is 16.0. The highest BCUT2D eigenvalue weighted by atomic mass is 32.2. The molecule has 0 unspecified atom stereocenters. The minimum Gasteiger partial charge on any atom is -0.399 e. The molecule has 0 radical (unpaired) electrons. The number of primary sulfonamides is 1. The maximum Gasteiger partial charge on any atom is 0.251 e. The fourth-order valence-electron chi connectivity index (χ4n) is 1.95. The normalized spacial score (nSPS) is 11.1. The molecule has 0 bridgehead atoms. The van der Waals surface area contributed by atoms with Crippen LogP contribution < -0.4 is 16.2 Å². The molecule has 0 aliphatic heterocycles. The van der Waals surface area contributed by atoms with Crippen LogP contribution in [0.15, 0.2) is 53.4 Å². The molecule has 0 heterocycles. The maximum absolute atomic E-state index is 11.9. The minimum atomic E-state index is -3.68. The molecule has 0 aliphatic rings. The highest BCUT2D eigenvalue weighted by Gasteiger charge is 2.07. The second-order valence-electron chi connectivity index (χ2n) is 4.82. The van der Waals surface area contributed by atoms with E-state index in [1.54, 1.807) is 36.4 Å². The first-order valence-electron chi connectivity index (χ1n) is 6.62. The van der Waals surface area contributed by atoms with E-state index in [0.29, 0.717) is 24.2 Å². The maximum atomic E-state index is 11.9. The number of anilines is 1. The van der Waals surface area contributed by atoms with Crippen LogP contribution in [-0.4, -0.2) is 20.9 Å². The van der Waals surface area contributed by atoms with Crippen LogP contribution in [0.2, 0.25) is 0 Å². The zero-order chi connectivity index (χ0) is 16.2. The highest BCUT2D eigenvalue weighted by Crippen LogP contribution is 2.09.